The Morgan fingerprint density at radius 3 is 2.27 bits per heavy atom. The summed E-state index contributed by atoms with van der Waals surface area (Å²) in [5.41, 5.74) is -2.72. The third-order valence-electron chi connectivity index (χ3n) is 6.79. The summed E-state index contributed by atoms with van der Waals surface area (Å²) >= 11 is 0. The number of methoxy groups -OCH3 is 1. The van der Waals surface area contributed by atoms with Gasteiger partial charge >= 0.3 is 12.1 Å². The van der Waals surface area contributed by atoms with Crippen molar-refractivity contribution in [3.05, 3.63) is 101 Å². The maximum Gasteiger partial charge on any atom is 0.432 e. The number of aliphatic hydroxyl groups excluding tert-OH is 1. The predicted octanol–water partition coefficient (Wildman–Crippen LogP) is 5.67. The van der Waals surface area contributed by atoms with Crippen LogP contribution in [-0.2, 0) is 31.1 Å². The number of allylic oxidation sites excluding steroid dienone is 4. The number of hydrogen-bond acceptors (Lipinski definition) is 6. The third-order valence-corrected chi connectivity index (χ3v) is 6.79. The number of carbonyl (C=O) groups is 3. The van der Waals surface area contributed by atoms with Crippen molar-refractivity contribution < 1.29 is 42.1 Å². The molecule has 1 heterocycles. The Morgan fingerprint density at radius 2 is 1.71 bits per heavy atom. The van der Waals surface area contributed by atoms with Gasteiger partial charge in [0.2, 0.25) is 0 Å². The van der Waals surface area contributed by atoms with E-state index in [0.717, 1.165) is 31.2 Å². The molecule has 2 aromatic carbocycles. The zero-order valence-corrected chi connectivity index (χ0v) is 23.1. The summed E-state index contributed by atoms with van der Waals surface area (Å²) in [5, 5.41) is 12.9. The van der Waals surface area contributed by atoms with Gasteiger partial charge in [0.05, 0.1) is 6.04 Å². The van der Waals surface area contributed by atoms with E-state index in [4.69, 9.17) is 9.47 Å². The maximum atomic E-state index is 14.1. The summed E-state index contributed by atoms with van der Waals surface area (Å²) in [5.74, 6) is -3.25. The van der Waals surface area contributed by atoms with E-state index in [2.05, 4.69) is 5.32 Å². The first-order valence-electron chi connectivity index (χ1n) is 13.0. The largest absolute Gasteiger partial charge is 0.507 e. The van der Waals surface area contributed by atoms with Crippen molar-refractivity contribution in [2.75, 3.05) is 7.11 Å². The predicted molar refractivity (Wildman–Crippen MR) is 146 cm³/mol. The highest BCUT2D eigenvalue weighted by Crippen LogP contribution is 2.43. The minimum absolute atomic E-state index is 0.0425. The van der Waals surface area contributed by atoms with E-state index in [1.807, 2.05) is 26.8 Å². The van der Waals surface area contributed by atoms with Gasteiger partial charge in [-0.2, -0.15) is 13.2 Å². The lowest BCUT2D eigenvalue weighted by Crippen LogP contribution is -2.52. The van der Waals surface area contributed by atoms with E-state index in [9.17, 15) is 32.7 Å². The topological polar surface area (TPSA) is 102 Å². The van der Waals surface area contributed by atoms with E-state index < -0.39 is 46.8 Å². The van der Waals surface area contributed by atoms with Gasteiger partial charge in [0.15, 0.2) is 5.78 Å². The summed E-state index contributed by atoms with van der Waals surface area (Å²) < 4.78 is 52.1. The Hall–Kier alpha value is -4.18. The number of rotatable bonds is 10. The van der Waals surface area contributed by atoms with Crippen LogP contribution in [0.15, 0.2) is 89.7 Å². The molecule has 0 aromatic heterocycles. The summed E-state index contributed by atoms with van der Waals surface area (Å²) in [6, 6.07) is 11.0. The summed E-state index contributed by atoms with van der Waals surface area (Å²) in [4.78, 5) is 38.1. The molecular formula is C31H32F3NO6. The fourth-order valence-corrected chi connectivity index (χ4v) is 4.38. The Kier molecular flexibility index (Phi) is 9.93. The molecular weight excluding hydrogens is 539 g/mol. The maximum absolute atomic E-state index is 14.1. The number of amides is 1. The average Bonchev–Trinajstić information content (AvgIpc) is 3.21. The molecule has 7 nitrogen and oxygen atoms in total. The third kappa shape index (κ3) is 6.94. The molecule has 2 aromatic rings. The molecule has 0 bridgehead atoms. The van der Waals surface area contributed by atoms with E-state index in [1.54, 1.807) is 6.08 Å². The smallest absolute Gasteiger partial charge is 0.432 e. The molecule has 1 amide bonds. The van der Waals surface area contributed by atoms with Crippen LogP contribution in [0.5, 0.6) is 5.75 Å². The van der Waals surface area contributed by atoms with Crippen LogP contribution in [0.1, 0.15) is 38.3 Å². The minimum Gasteiger partial charge on any atom is -0.507 e. The second kappa shape index (κ2) is 13.0. The number of Topliss-reactive ketones (excluding diaryl/α,β-unsaturated/α-hetero) is 1. The monoisotopic (exact) mass is 571 g/mol. The van der Waals surface area contributed by atoms with Crippen LogP contribution < -0.4 is 10.1 Å². The van der Waals surface area contributed by atoms with Crippen LogP contribution in [0.4, 0.5) is 13.2 Å². The van der Waals surface area contributed by atoms with E-state index in [0.29, 0.717) is 11.5 Å². The van der Waals surface area contributed by atoms with Crippen LogP contribution in [0.25, 0.3) is 0 Å². The lowest BCUT2D eigenvalue weighted by molar-refractivity contribution is -0.272. The van der Waals surface area contributed by atoms with Gasteiger partial charge in [-0.15, -0.1) is 0 Å². The average molecular weight is 572 g/mol. The van der Waals surface area contributed by atoms with Gasteiger partial charge in [-0.25, -0.2) is 4.79 Å². The molecule has 1 aliphatic heterocycles. The van der Waals surface area contributed by atoms with Gasteiger partial charge in [0, 0.05) is 19.1 Å². The van der Waals surface area contributed by atoms with Crippen molar-refractivity contribution in [2.45, 2.75) is 51.4 Å². The second-order valence-corrected chi connectivity index (χ2v) is 9.77. The van der Waals surface area contributed by atoms with Crippen LogP contribution in [0, 0.1) is 5.92 Å². The van der Waals surface area contributed by atoms with Gasteiger partial charge < -0.3 is 19.9 Å². The fourth-order valence-electron chi connectivity index (χ4n) is 4.38. The number of halogens is 3. The highest BCUT2D eigenvalue weighted by Gasteiger charge is 2.64. The van der Waals surface area contributed by atoms with E-state index >= 15 is 0 Å². The Morgan fingerprint density at radius 1 is 1.07 bits per heavy atom. The number of esters is 1. The molecule has 0 spiro atoms. The van der Waals surface area contributed by atoms with Crippen LogP contribution in [0.3, 0.4) is 0 Å². The quantitative estimate of drug-likeness (QED) is 0.0952. The van der Waals surface area contributed by atoms with Crippen molar-refractivity contribution in [1.29, 1.82) is 0 Å². The first-order chi connectivity index (χ1) is 19.3. The Bertz CT molecular complexity index is 1360. The lowest BCUT2D eigenvalue weighted by Gasteiger charge is -2.32. The number of carbonyl (C=O) groups excluding carboxylic acids is 3. The molecule has 1 fully saturated rings. The van der Waals surface area contributed by atoms with Gasteiger partial charge in [-0.05, 0) is 36.6 Å². The summed E-state index contributed by atoms with van der Waals surface area (Å²) in [7, 11) is 0.777. The summed E-state index contributed by atoms with van der Waals surface area (Å²) in [6.07, 6.45) is 0.811. The minimum atomic E-state index is -5.12. The van der Waals surface area contributed by atoms with Gasteiger partial charge in [0.1, 0.15) is 17.1 Å². The number of ketones is 1. The number of benzene rings is 2. The zero-order valence-electron chi connectivity index (χ0n) is 23.1. The molecule has 10 heteroatoms. The first kappa shape index (κ1) is 31.3. The van der Waals surface area contributed by atoms with Crippen molar-refractivity contribution in [2.24, 2.45) is 5.92 Å². The number of aliphatic hydroxyl groups is 1. The van der Waals surface area contributed by atoms with Crippen LogP contribution >= 0.6 is 0 Å². The van der Waals surface area contributed by atoms with Crippen LogP contribution in [-0.4, -0.2) is 42.1 Å². The van der Waals surface area contributed by atoms with Crippen LogP contribution in [0.2, 0.25) is 0 Å². The van der Waals surface area contributed by atoms with E-state index in [-0.39, 0.29) is 17.7 Å². The highest BCUT2D eigenvalue weighted by molar-refractivity contribution is 6.27. The number of alkyl halides is 3. The SMILES string of the molecule is CC[C@@H](C)/C=C(C)/C=C/C(O)=C1\C(=O)N[C@@H](Cc2ccc(OC(=O)[C@@](OC)(c3ccccc3)C(F)(F)F)cc2)C1=O. The molecule has 0 unspecified atom stereocenters. The molecule has 1 saturated heterocycles. The first-order valence-corrected chi connectivity index (χ1v) is 13.0. The van der Waals surface area contributed by atoms with E-state index in [1.165, 1.54) is 48.5 Å². The van der Waals surface area contributed by atoms with Crippen molar-refractivity contribution in [3.8, 4) is 5.75 Å². The number of ether oxygens (including phenoxy) is 2. The van der Waals surface area contributed by atoms with Gasteiger partial charge in [-0.3, -0.25) is 9.59 Å². The van der Waals surface area contributed by atoms with Crippen molar-refractivity contribution in [3.63, 3.8) is 0 Å². The number of nitrogens with one attached hydrogen (secondary N) is 1. The summed E-state index contributed by atoms with van der Waals surface area (Å²) in [6.45, 7) is 5.94. The molecule has 218 valence electrons. The Labute approximate surface area is 236 Å². The molecule has 0 saturated carbocycles. The number of hydrogen-bond donors (Lipinski definition) is 2. The molecule has 1 aliphatic rings. The zero-order chi connectivity index (χ0) is 30.4. The normalized spacial score (nSPS) is 19.6. The van der Waals surface area contributed by atoms with Gasteiger partial charge in [-0.1, -0.05) is 80.5 Å². The van der Waals surface area contributed by atoms with Crippen molar-refractivity contribution >= 4 is 17.7 Å². The molecule has 3 atom stereocenters. The lowest BCUT2D eigenvalue weighted by atomic mass is 9.92. The highest BCUT2D eigenvalue weighted by atomic mass is 19.4. The molecule has 0 radical (unpaired) electrons. The van der Waals surface area contributed by atoms with Gasteiger partial charge in [0.25, 0.3) is 11.5 Å². The fraction of sp³-hybridized carbons (Fsp3) is 0.323. The molecule has 0 aliphatic carbocycles. The molecule has 2 N–H and O–H groups in total. The molecule has 41 heavy (non-hydrogen) atoms. The van der Waals surface area contributed by atoms with Crippen molar-refractivity contribution in [1.82, 2.24) is 5.32 Å². The second-order valence-electron chi connectivity index (χ2n) is 9.77. The standard InChI is InChI=1S/C31H32F3NO6/c1-5-19(2)17-20(3)11-16-25(36)26-27(37)24(35-28(26)38)18-21-12-14-23(15-13-21)41-29(39)30(40-4,31(32,33)34)22-9-7-6-8-10-22/h6-17,19,24,36H,5,18H2,1-4H3,(H,35,38)/b16-11+,20-17+,26-25+/t19-,24+,30+/m1/s1. The molecule has 3 rings (SSSR count). The Balaban J connectivity index is 1.74.